The lowest BCUT2D eigenvalue weighted by Crippen LogP contribution is -2.14. The standard InChI is InChI=1S/C61H44N4/c1-40(37-41-19-4-2-5-20-41)60(63-61(62)51-28-9-8-24-44(51)42-21-6-3-7-22-42)50-31-17-30-46-45(50)29-18-36-57(46)65-56-34-15-12-27-49(56)53-39-52-43(38-59(53)65)23-16-35-58(52)64-54-32-13-10-25-47(54)48-26-11-14-33-55(48)64/h2-39,61H,62H2,1H3/b40-37+,63-60?. The van der Waals surface area contributed by atoms with E-state index in [1.807, 2.05) is 18.2 Å². The number of aromatic nitrogens is 2. The summed E-state index contributed by atoms with van der Waals surface area (Å²) in [4.78, 5) is 5.46. The molecule has 12 aromatic rings. The number of nitrogens with two attached hydrogens (primary N) is 1. The molecule has 2 aromatic heterocycles. The first kappa shape index (κ1) is 38.4. The molecular formula is C61H44N4. The highest BCUT2D eigenvalue weighted by atomic mass is 15.0. The zero-order valence-electron chi connectivity index (χ0n) is 35.9. The molecule has 4 heteroatoms. The van der Waals surface area contributed by atoms with Gasteiger partial charge in [-0.3, -0.25) is 4.99 Å². The summed E-state index contributed by atoms with van der Waals surface area (Å²) in [6.45, 7) is 2.15. The van der Waals surface area contributed by atoms with Crippen LogP contribution in [0.2, 0.25) is 0 Å². The Kier molecular flexibility index (Phi) is 9.32. The van der Waals surface area contributed by atoms with Gasteiger partial charge < -0.3 is 14.9 Å². The molecule has 10 aromatic carbocycles. The molecule has 2 N–H and O–H groups in total. The first-order valence-electron chi connectivity index (χ1n) is 22.3. The fourth-order valence-electron chi connectivity index (χ4n) is 10.2. The number of para-hydroxylation sites is 3. The number of nitrogens with zero attached hydrogens (tertiary/aromatic N) is 3. The van der Waals surface area contributed by atoms with E-state index < -0.39 is 6.17 Å². The van der Waals surface area contributed by atoms with Gasteiger partial charge in [-0.05, 0) is 94.1 Å². The number of rotatable bonds is 8. The zero-order valence-corrected chi connectivity index (χ0v) is 35.9. The van der Waals surface area contributed by atoms with Gasteiger partial charge in [0.1, 0.15) is 6.17 Å². The predicted octanol–water partition coefficient (Wildman–Crippen LogP) is 15.4. The third-order valence-corrected chi connectivity index (χ3v) is 13.1. The van der Waals surface area contributed by atoms with Crippen LogP contribution in [0.5, 0.6) is 0 Å². The van der Waals surface area contributed by atoms with Crippen LogP contribution in [0.1, 0.15) is 29.8 Å². The van der Waals surface area contributed by atoms with Crippen LogP contribution in [0.15, 0.2) is 235 Å². The molecule has 0 bridgehead atoms. The van der Waals surface area contributed by atoms with Gasteiger partial charge in [0.25, 0.3) is 0 Å². The molecule has 1 atom stereocenters. The quantitative estimate of drug-likeness (QED) is 0.152. The molecular weight excluding hydrogens is 789 g/mol. The molecule has 308 valence electrons. The fourth-order valence-corrected chi connectivity index (χ4v) is 10.2. The van der Waals surface area contributed by atoms with E-state index in [4.69, 9.17) is 10.7 Å². The van der Waals surface area contributed by atoms with Gasteiger partial charge in [-0.2, -0.15) is 0 Å². The van der Waals surface area contributed by atoms with Gasteiger partial charge in [0.05, 0.1) is 39.2 Å². The Labute approximate surface area is 377 Å². The Balaban J connectivity index is 1.07. The molecule has 12 rings (SSSR count). The van der Waals surface area contributed by atoms with Crippen LogP contribution in [0.3, 0.4) is 0 Å². The Morgan fingerprint density at radius 1 is 0.446 bits per heavy atom. The number of hydrogen-bond acceptors (Lipinski definition) is 2. The van der Waals surface area contributed by atoms with Gasteiger partial charge in [0, 0.05) is 37.9 Å². The van der Waals surface area contributed by atoms with Crippen molar-refractivity contribution in [3.63, 3.8) is 0 Å². The molecule has 0 saturated carbocycles. The Morgan fingerprint density at radius 3 is 1.68 bits per heavy atom. The van der Waals surface area contributed by atoms with Gasteiger partial charge >= 0.3 is 0 Å². The molecule has 0 spiro atoms. The van der Waals surface area contributed by atoms with E-state index >= 15 is 0 Å². The monoisotopic (exact) mass is 832 g/mol. The van der Waals surface area contributed by atoms with Crippen LogP contribution in [-0.2, 0) is 0 Å². The maximum atomic E-state index is 7.20. The highest BCUT2D eigenvalue weighted by molar-refractivity contribution is 6.22. The van der Waals surface area contributed by atoms with E-state index in [-0.39, 0.29) is 0 Å². The van der Waals surface area contributed by atoms with E-state index in [1.54, 1.807) is 0 Å². The van der Waals surface area contributed by atoms with Crippen molar-refractivity contribution >= 4 is 76.9 Å². The van der Waals surface area contributed by atoms with Gasteiger partial charge in [0.15, 0.2) is 0 Å². The first-order valence-corrected chi connectivity index (χ1v) is 22.3. The van der Waals surface area contributed by atoms with Gasteiger partial charge in [0.2, 0.25) is 0 Å². The smallest absolute Gasteiger partial charge is 0.124 e. The summed E-state index contributed by atoms with van der Waals surface area (Å²) in [5, 5.41) is 9.56. The molecule has 65 heavy (non-hydrogen) atoms. The van der Waals surface area contributed by atoms with Crippen LogP contribution in [0.4, 0.5) is 0 Å². The minimum absolute atomic E-state index is 0.614. The lowest BCUT2D eigenvalue weighted by molar-refractivity contribution is 0.778. The van der Waals surface area contributed by atoms with Crippen molar-refractivity contribution in [2.75, 3.05) is 0 Å². The minimum Gasteiger partial charge on any atom is -0.309 e. The van der Waals surface area contributed by atoms with Crippen LogP contribution in [0.25, 0.3) is 93.7 Å². The molecule has 0 aliphatic carbocycles. The summed E-state index contributed by atoms with van der Waals surface area (Å²) in [5.74, 6) is 0. The van der Waals surface area contributed by atoms with Crippen molar-refractivity contribution in [2.45, 2.75) is 13.1 Å². The number of allylic oxidation sites excluding steroid dienone is 1. The van der Waals surface area contributed by atoms with Gasteiger partial charge in [-0.15, -0.1) is 0 Å². The average molecular weight is 833 g/mol. The summed E-state index contributed by atoms with van der Waals surface area (Å²) in [6.07, 6.45) is 1.60. The molecule has 0 aliphatic rings. The average Bonchev–Trinajstić information content (AvgIpc) is 3.87. The Morgan fingerprint density at radius 2 is 0.969 bits per heavy atom. The van der Waals surface area contributed by atoms with Crippen molar-refractivity contribution in [3.05, 3.63) is 247 Å². The molecule has 2 heterocycles. The molecule has 0 amide bonds. The summed E-state index contributed by atoms with van der Waals surface area (Å²) in [5.41, 5.74) is 21.4. The second-order valence-electron chi connectivity index (χ2n) is 16.9. The van der Waals surface area contributed by atoms with Crippen LogP contribution >= 0.6 is 0 Å². The molecule has 4 nitrogen and oxygen atoms in total. The number of hydrogen-bond donors (Lipinski definition) is 1. The highest BCUT2D eigenvalue weighted by Gasteiger charge is 2.21. The van der Waals surface area contributed by atoms with Crippen molar-refractivity contribution in [1.29, 1.82) is 0 Å². The van der Waals surface area contributed by atoms with Crippen LogP contribution < -0.4 is 5.73 Å². The number of fused-ring (bicyclic) bond motifs is 8. The van der Waals surface area contributed by atoms with E-state index in [0.29, 0.717) is 0 Å². The third kappa shape index (κ3) is 6.46. The second-order valence-corrected chi connectivity index (χ2v) is 16.9. The van der Waals surface area contributed by atoms with Crippen molar-refractivity contribution in [3.8, 4) is 22.5 Å². The Hall–Kier alpha value is -8.31. The van der Waals surface area contributed by atoms with Crippen LogP contribution in [-0.4, -0.2) is 14.8 Å². The van der Waals surface area contributed by atoms with Crippen molar-refractivity contribution in [1.82, 2.24) is 9.13 Å². The van der Waals surface area contributed by atoms with Crippen LogP contribution in [0, 0.1) is 0 Å². The molecule has 0 radical (unpaired) electrons. The van der Waals surface area contributed by atoms with Gasteiger partial charge in [-0.25, -0.2) is 0 Å². The highest BCUT2D eigenvalue weighted by Crippen LogP contribution is 2.41. The normalized spacial score (nSPS) is 12.9. The number of benzene rings is 10. The fraction of sp³-hybridized carbons (Fsp3) is 0.0328. The van der Waals surface area contributed by atoms with E-state index in [2.05, 4.69) is 228 Å². The van der Waals surface area contributed by atoms with Crippen molar-refractivity contribution < 1.29 is 0 Å². The molecule has 0 aliphatic heterocycles. The largest absolute Gasteiger partial charge is 0.309 e. The van der Waals surface area contributed by atoms with E-state index in [9.17, 15) is 0 Å². The molecule has 0 fully saturated rings. The summed E-state index contributed by atoms with van der Waals surface area (Å²) in [7, 11) is 0. The second kappa shape index (κ2) is 15.8. The predicted molar refractivity (Wildman–Crippen MR) is 276 cm³/mol. The first-order chi connectivity index (χ1) is 32.1. The maximum absolute atomic E-state index is 7.20. The third-order valence-electron chi connectivity index (χ3n) is 13.1. The van der Waals surface area contributed by atoms with Gasteiger partial charge in [-0.1, -0.05) is 182 Å². The summed E-state index contributed by atoms with van der Waals surface area (Å²) < 4.78 is 4.89. The molecule has 0 saturated heterocycles. The summed E-state index contributed by atoms with van der Waals surface area (Å²) in [6, 6.07) is 80.3. The van der Waals surface area contributed by atoms with E-state index in [0.717, 1.165) is 66.6 Å². The SMILES string of the molecule is C/C(=C\c1ccccc1)C(=NC(N)c1ccccc1-c1ccccc1)c1cccc2c(-n3c4ccccc4c4cc5c(-n6c7ccccc7c7ccccc76)cccc5cc43)cccc12. The Bertz CT molecular complexity index is 3800. The lowest BCUT2D eigenvalue weighted by Gasteiger charge is -2.19. The molecule has 1 unspecified atom stereocenters. The van der Waals surface area contributed by atoms with Crippen molar-refractivity contribution in [2.24, 2.45) is 10.7 Å². The maximum Gasteiger partial charge on any atom is 0.124 e. The van der Waals surface area contributed by atoms with E-state index in [1.165, 1.54) is 49.0 Å². The minimum atomic E-state index is -0.614. The topological polar surface area (TPSA) is 48.2 Å². The lowest BCUT2D eigenvalue weighted by atomic mass is 9.94. The summed E-state index contributed by atoms with van der Waals surface area (Å²) >= 11 is 0. The zero-order chi connectivity index (χ0) is 43.4. The number of aliphatic imine (C=N–C) groups is 1.